The predicted octanol–water partition coefficient (Wildman–Crippen LogP) is 6.26. The summed E-state index contributed by atoms with van der Waals surface area (Å²) < 4.78 is 26.3. The summed E-state index contributed by atoms with van der Waals surface area (Å²) in [7, 11) is 0. The zero-order valence-electron chi connectivity index (χ0n) is 19.3. The van der Waals surface area contributed by atoms with E-state index in [1.165, 1.54) is 17.7 Å². The molecule has 0 bridgehead atoms. The van der Waals surface area contributed by atoms with Crippen molar-refractivity contribution < 1.29 is 13.9 Å². The van der Waals surface area contributed by atoms with Gasteiger partial charge in [0.15, 0.2) is 0 Å². The van der Waals surface area contributed by atoms with Gasteiger partial charge in [-0.05, 0) is 41.6 Å². The molecule has 5 rings (SSSR count). The number of halogens is 1. The van der Waals surface area contributed by atoms with Gasteiger partial charge in [-0.15, -0.1) is 0 Å². The van der Waals surface area contributed by atoms with Crippen LogP contribution in [0.4, 0.5) is 4.39 Å². The van der Waals surface area contributed by atoms with Crippen molar-refractivity contribution >= 4 is 10.8 Å². The molecule has 174 valence electrons. The standard InChI is InChI=1S/C30H30FNO2/c31-26-14-12-24(13-15-26)27-16-18-32-20-29(27)34-21-25-11-10-23-8-4-5-9-28(23)30(25)33-19-17-22-6-2-1-3-7-22/h1-15,27,29,32H,16-21H2. The molecule has 0 spiro atoms. The van der Waals surface area contributed by atoms with E-state index in [2.05, 4.69) is 53.8 Å². The molecule has 0 saturated carbocycles. The topological polar surface area (TPSA) is 30.5 Å². The summed E-state index contributed by atoms with van der Waals surface area (Å²) in [6, 6.07) is 29.8. The number of rotatable bonds is 8. The molecule has 2 atom stereocenters. The Hall–Kier alpha value is -3.21. The lowest BCUT2D eigenvalue weighted by Gasteiger charge is -2.32. The van der Waals surface area contributed by atoms with E-state index >= 15 is 0 Å². The number of piperidine rings is 1. The van der Waals surface area contributed by atoms with Crippen molar-refractivity contribution in [1.82, 2.24) is 5.32 Å². The SMILES string of the molecule is Fc1ccc(C2CCNCC2OCc2ccc3ccccc3c2OCCc2ccccc2)cc1. The lowest BCUT2D eigenvalue weighted by molar-refractivity contribution is 0.00971. The normalized spacial score (nSPS) is 18.1. The molecule has 2 unspecified atom stereocenters. The Morgan fingerprint density at radius 2 is 1.65 bits per heavy atom. The Balaban J connectivity index is 1.34. The molecule has 1 fully saturated rings. The van der Waals surface area contributed by atoms with E-state index in [9.17, 15) is 4.39 Å². The highest BCUT2D eigenvalue weighted by atomic mass is 19.1. The predicted molar refractivity (Wildman–Crippen MR) is 135 cm³/mol. The molecule has 0 aromatic heterocycles. The maximum absolute atomic E-state index is 13.4. The fraction of sp³-hybridized carbons (Fsp3) is 0.267. The second kappa shape index (κ2) is 10.8. The van der Waals surface area contributed by atoms with E-state index in [-0.39, 0.29) is 17.8 Å². The van der Waals surface area contributed by atoms with Crippen LogP contribution < -0.4 is 10.1 Å². The van der Waals surface area contributed by atoms with Crippen LogP contribution in [0.3, 0.4) is 0 Å². The zero-order valence-corrected chi connectivity index (χ0v) is 19.3. The van der Waals surface area contributed by atoms with E-state index in [0.29, 0.717) is 13.2 Å². The average molecular weight is 456 g/mol. The summed E-state index contributed by atoms with van der Waals surface area (Å²) in [5, 5.41) is 5.71. The van der Waals surface area contributed by atoms with Crippen LogP contribution in [-0.4, -0.2) is 25.8 Å². The minimum absolute atomic E-state index is 0.0165. The van der Waals surface area contributed by atoms with Gasteiger partial charge in [-0.3, -0.25) is 0 Å². The van der Waals surface area contributed by atoms with Crippen LogP contribution in [0.25, 0.3) is 10.8 Å². The lowest BCUT2D eigenvalue weighted by Crippen LogP contribution is -2.41. The second-order valence-electron chi connectivity index (χ2n) is 8.86. The maximum atomic E-state index is 13.4. The third-order valence-corrected chi connectivity index (χ3v) is 6.62. The van der Waals surface area contributed by atoms with Crippen molar-refractivity contribution in [3.8, 4) is 5.75 Å². The van der Waals surface area contributed by atoms with Crippen LogP contribution in [-0.2, 0) is 17.8 Å². The molecule has 0 radical (unpaired) electrons. The number of hydrogen-bond donors (Lipinski definition) is 1. The molecule has 0 aliphatic carbocycles. The molecule has 4 aromatic rings. The first-order chi connectivity index (χ1) is 16.8. The number of ether oxygens (including phenoxy) is 2. The van der Waals surface area contributed by atoms with Gasteiger partial charge in [0.25, 0.3) is 0 Å². The van der Waals surface area contributed by atoms with Crippen LogP contribution in [0.5, 0.6) is 5.75 Å². The van der Waals surface area contributed by atoms with Gasteiger partial charge < -0.3 is 14.8 Å². The summed E-state index contributed by atoms with van der Waals surface area (Å²) in [6.07, 6.45) is 1.83. The van der Waals surface area contributed by atoms with Gasteiger partial charge in [0.05, 0.1) is 19.3 Å². The van der Waals surface area contributed by atoms with Gasteiger partial charge in [-0.1, -0.05) is 78.9 Å². The second-order valence-corrected chi connectivity index (χ2v) is 8.86. The molecule has 1 N–H and O–H groups in total. The third kappa shape index (κ3) is 5.30. The van der Waals surface area contributed by atoms with Crippen LogP contribution in [0.2, 0.25) is 0 Å². The largest absolute Gasteiger partial charge is 0.492 e. The van der Waals surface area contributed by atoms with Crippen molar-refractivity contribution in [1.29, 1.82) is 0 Å². The smallest absolute Gasteiger partial charge is 0.132 e. The minimum Gasteiger partial charge on any atom is -0.492 e. The van der Waals surface area contributed by atoms with Crippen LogP contribution in [0.15, 0.2) is 91.0 Å². The van der Waals surface area contributed by atoms with Crippen LogP contribution >= 0.6 is 0 Å². The van der Waals surface area contributed by atoms with Crippen molar-refractivity contribution in [2.75, 3.05) is 19.7 Å². The van der Waals surface area contributed by atoms with Crippen molar-refractivity contribution in [3.05, 3.63) is 114 Å². The van der Waals surface area contributed by atoms with Crippen molar-refractivity contribution in [2.45, 2.75) is 31.5 Å². The highest BCUT2D eigenvalue weighted by Crippen LogP contribution is 2.33. The van der Waals surface area contributed by atoms with Crippen LogP contribution in [0.1, 0.15) is 29.0 Å². The van der Waals surface area contributed by atoms with Gasteiger partial charge in [-0.25, -0.2) is 4.39 Å². The molecule has 34 heavy (non-hydrogen) atoms. The van der Waals surface area contributed by atoms with Crippen molar-refractivity contribution in [3.63, 3.8) is 0 Å². The maximum Gasteiger partial charge on any atom is 0.132 e. The molecular formula is C30H30FNO2. The Bertz CT molecular complexity index is 1210. The van der Waals surface area contributed by atoms with E-state index in [0.717, 1.165) is 53.6 Å². The Morgan fingerprint density at radius 1 is 0.853 bits per heavy atom. The molecule has 3 nitrogen and oxygen atoms in total. The molecule has 4 heteroatoms. The fourth-order valence-electron chi connectivity index (χ4n) is 4.78. The Kier molecular flexibility index (Phi) is 7.18. The highest BCUT2D eigenvalue weighted by molar-refractivity contribution is 5.89. The Morgan fingerprint density at radius 3 is 2.50 bits per heavy atom. The number of fused-ring (bicyclic) bond motifs is 1. The summed E-state index contributed by atoms with van der Waals surface area (Å²) in [5.41, 5.74) is 3.44. The number of hydrogen-bond acceptors (Lipinski definition) is 3. The van der Waals surface area contributed by atoms with Gasteiger partial charge >= 0.3 is 0 Å². The van der Waals surface area contributed by atoms with E-state index in [4.69, 9.17) is 9.47 Å². The quantitative estimate of drug-likeness (QED) is 0.340. The molecule has 1 aliphatic rings. The first kappa shape index (κ1) is 22.6. The lowest BCUT2D eigenvalue weighted by atomic mass is 9.87. The minimum atomic E-state index is -0.205. The van der Waals surface area contributed by atoms with Gasteiger partial charge in [-0.2, -0.15) is 0 Å². The van der Waals surface area contributed by atoms with Crippen LogP contribution in [0, 0.1) is 5.82 Å². The average Bonchev–Trinajstić information content (AvgIpc) is 2.89. The molecule has 4 aromatic carbocycles. The highest BCUT2D eigenvalue weighted by Gasteiger charge is 2.27. The van der Waals surface area contributed by atoms with E-state index in [1.54, 1.807) is 0 Å². The van der Waals surface area contributed by atoms with Gasteiger partial charge in [0.1, 0.15) is 11.6 Å². The molecular weight excluding hydrogens is 425 g/mol. The fourth-order valence-corrected chi connectivity index (χ4v) is 4.78. The van der Waals surface area contributed by atoms with Gasteiger partial charge in [0, 0.05) is 29.8 Å². The number of benzene rings is 4. The molecule has 1 aliphatic heterocycles. The molecule has 0 amide bonds. The number of nitrogens with one attached hydrogen (secondary N) is 1. The van der Waals surface area contributed by atoms with Gasteiger partial charge in [0.2, 0.25) is 0 Å². The first-order valence-electron chi connectivity index (χ1n) is 12.0. The summed E-state index contributed by atoms with van der Waals surface area (Å²) in [6.45, 7) is 2.79. The summed E-state index contributed by atoms with van der Waals surface area (Å²) >= 11 is 0. The first-order valence-corrected chi connectivity index (χ1v) is 12.0. The van der Waals surface area contributed by atoms with E-state index < -0.39 is 0 Å². The summed E-state index contributed by atoms with van der Waals surface area (Å²) in [4.78, 5) is 0. The zero-order chi connectivity index (χ0) is 23.2. The molecule has 1 heterocycles. The van der Waals surface area contributed by atoms with Crippen molar-refractivity contribution in [2.24, 2.45) is 0 Å². The molecule has 1 saturated heterocycles. The third-order valence-electron chi connectivity index (χ3n) is 6.62. The van der Waals surface area contributed by atoms with E-state index in [1.807, 2.05) is 30.3 Å². The summed E-state index contributed by atoms with van der Waals surface area (Å²) in [5.74, 6) is 0.935. The monoisotopic (exact) mass is 455 g/mol. The Labute approximate surface area is 200 Å².